The molecule has 1 aromatic heterocycles. The second-order valence-electron chi connectivity index (χ2n) is 11.6. The molecule has 6 aliphatic rings. The fourth-order valence-electron chi connectivity index (χ4n) is 9.61. The maximum absolute atomic E-state index is 13.7. The van der Waals surface area contributed by atoms with Crippen LogP contribution in [0.3, 0.4) is 0 Å². The summed E-state index contributed by atoms with van der Waals surface area (Å²) in [5.41, 5.74) is 4.31. The number of carbonyl (C=O) groups is 1. The lowest BCUT2D eigenvalue weighted by atomic mass is 9.52. The van der Waals surface area contributed by atoms with Gasteiger partial charge in [-0.05, 0) is 72.0 Å². The van der Waals surface area contributed by atoms with E-state index in [9.17, 15) is 4.79 Å². The smallest absolute Gasteiger partial charge is 0.272 e. The molecule has 0 radical (unpaired) electrons. The van der Waals surface area contributed by atoms with Crippen molar-refractivity contribution in [3.8, 4) is 11.4 Å². The highest BCUT2D eigenvalue weighted by Crippen LogP contribution is 3.09. The Kier molecular flexibility index (Phi) is 2.60. The lowest BCUT2D eigenvalue weighted by molar-refractivity contribution is -0.0518. The first-order valence-corrected chi connectivity index (χ1v) is 12.0. The summed E-state index contributed by atoms with van der Waals surface area (Å²) in [6, 6.07) is 10.8. The number of nitrogens with one attached hydrogen (secondary N) is 1. The van der Waals surface area contributed by atoms with Crippen LogP contribution in [0.25, 0.3) is 11.4 Å². The van der Waals surface area contributed by atoms with Gasteiger partial charge >= 0.3 is 0 Å². The quantitative estimate of drug-likeness (QED) is 0.837. The van der Waals surface area contributed by atoms with Crippen LogP contribution < -0.4 is 5.32 Å². The Morgan fingerprint density at radius 3 is 2.80 bits per heavy atom. The zero-order valence-corrected chi connectivity index (χ0v) is 17.8. The minimum Gasteiger partial charge on any atom is -0.347 e. The number of hydrogen-bond donors (Lipinski definition) is 1. The van der Waals surface area contributed by atoms with Crippen LogP contribution in [0.2, 0.25) is 0 Å². The second-order valence-corrected chi connectivity index (χ2v) is 11.6. The maximum atomic E-state index is 13.7. The number of carbonyl (C=O) groups excluding carboxylic acids is 1. The number of rotatable bonds is 3. The normalized spacial score (nSPS) is 47.7. The van der Waals surface area contributed by atoms with Gasteiger partial charge in [0.25, 0.3) is 5.91 Å². The minimum atomic E-state index is 0.0806. The van der Waals surface area contributed by atoms with E-state index in [1.165, 1.54) is 31.4 Å². The third-order valence-corrected chi connectivity index (χ3v) is 10.8. The third kappa shape index (κ3) is 1.52. The molecule has 5 aliphatic carbocycles. The van der Waals surface area contributed by atoms with Gasteiger partial charge in [-0.3, -0.25) is 4.79 Å². The average molecular weight is 400 g/mol. The van der Waals surface area contributed by atoms with Crippen LogP contribution in [-0.2, 0) is 13.0 Å². The highest BCUT2D eigenvalue weighted by molar-refractivity contribution is 5.95. The number of imidazole rings is 1. The van der Waals surface area contributed by atoms with Crippen LogP contribution in [0.15, 0.2) is 30.3 Å². The van der Waals surface area contributed by atoms with E-state index >= 15 is 0 Å². The lowest BCUT2D eigenvalue weighted by Gasteiger charge is -2.56. The van der Waals surface area contributed by atoms with Crippen LogP contribution >= 0.6 is 0 Å². The van der Waals surface area contributed by atoms with Gasteiger partial charge in [-0.15, -0.1) is 0 Å². The molecule has 154 valence electrons. The number of hydrogen-bond acceptors (Lipinski definition) is 2. The van der Waals surface area contributed by atoms with E-state index in [1.54, 1.807) is 0 Å². The first-order chi connectivity index (χ1) is 14.5. The summed E-state index contributed by atoms with van der Waals surface area (Å²) in [5, 5.41) is 3.54. The van der Waals surface area contributed by atoms with Gasteiger partial charge in [0, 0.05) is 18.2 Å². The standard InChI is InChI=1S/C26H29N3O/c1-24-10-8-17-20-25(2,26(17,20)24)23(24)28-22(30)19-18-13-16-12-15(16)9-11-29(18)21(27-19)14-6-4-3-5-7-14/h3-7,15-17,20,23H,8-13H2,1-2H3,(H,28,30). The van der Waals surface area contributed by atoms with Gasteiger partial charge in [0.15, 0.2) is 0 Å². The van der Waals surface area contributed by atoms with Crippen LogP contribution in [0.4, 0.5) is 0 Å². The first kappa shape index (κ1) is 16.6. The van der Waals surface area contributed by atoms with Crippen molar-refractivity contribution in [2.24, 2.45) is 39.9 Å². The first-order valence-electron chi connectivity index (χ1n) is 12.0. The molecule has 2 aromatic rings. The van der Waals surface area contributed by atoms with Crippen LogP contribution in [0.1, 0.15) is 55.7 Å². The van der Waals surface area contributed by atoms with Crippen LogP contribution in [-0.4, -0.2) is 21.5 Å². The molecule has 8 rings (SSSR count). The number of fused-ring (bicyclic) bond motifs is 4. The van der Waals surface area contributed by atoms with Crippen LogP contribution in [0.5, 0.6) is 0 Å². The van der Waals surface area contributed by atoms with Crippen molar-refractivity contribution in [2.75, 3.05) is 0 Å². The average Bonchev–Trinajstić information content (AvgIpc) is 3.66. The summed E-state index contributed by atoms with van der Waals surface area (Å²) < 4.78 is 2.36. The monoisotopic (exact) mass is 399 g/mol. The SMILES string of the molecule is CC12CCC3C4C(C)(C1NC(=O)c1nc(-c5ccccc5)n5c1CC1CC1CC5)C342. The molecule has 0 bridgehead atoms. The number of nitrogens with zero attached hydrogens (tertiary/aromatic N) is 2. The van der Waals surface area contributed by atoms with Crippen molar-refractivity contribution in [2.45, 2.75) is 58.5 Å². The second kappa shape index (κ2) is 4.71. The number of amides is 1. The predicted octanol–water partition coefficient (Wildman–Crippen LogP) is 4.30. The van der Waals surface area contributed by atoms with Crippen molar-refractivity contribution in [1.29, 1.82) is 0 Å². The molecule has 8 unspecified atom stereocenters. The molecular weight excluding hydrogens is 370 g/mol. The van der Waals surface area contributed by atoms with Gasteiger partial charge in [-0.25, -0.2) is 4.98 Å². The van der Waals surface area contributed by atoms with E-state index in [-0.39, 0.29) is 5.91 Å². The van der Waals surface area contributed by atoms with Gasteiger partial charge < -0.3 is 9.88 Å². The van der Waals surface area contributed by atoms with Crippen molar-refractivity contribution in [3.05, 3.63) is 41.7 Å². The molecule has 4 heteroatoms. The van der Waals surface area contributed by atoms with Gasteiger partial charge in [-0.1, -0.05) is 44.2 Å². The van der Waals surface area contributed by atoms with Gasteiger partial charge in [-0.2, -0.15) is 0 Å². The third-order valence-electron chi connectivity index (χ3n) is 10.8. The molecular formula is C26H29N3O. The predicted molar refractivity (Wildman–Crippen MR) is 114 cm³/mol. The summed E-state index contributed by atoms with van der Waals surface area (Å²) in [6.45, 7) is 5.88. The largest absolute Gasteiger partial charge is 0.347 e. The van der Waals surface area contributed by atoms with Crippen molar-refractivity contribution < 1.29 is 4.79 Å². The molecule has 30 heavy (non-hydrogen) atoms. The molecule has 4 nitrogen and oxygen atoms in total. The molecule has 0 saturated heterocycles. The molecule has 1 N–H and O–H groups in total. The van der Waals surface area contributed by atoms with Crippen molar-refractivity contribution >= 4 is 5.91 Å². The molecule has 1 aliphatic heterocycles. The van der Waals surface area contributed by atoms with Crippen molar-refractivity contribution in [1.82, 2.24) is 14.9 Å². The van der Waals surface area contributed by atoms with Crippen LogP contribution in [0, 0.1) is 39.9 Å². The Labute approximate surface area is 177 Å². The fourth-order valence-corrected chi connectivity index (χ4v) is 9.61. The maximum Gasteiger partial charge on any atom is 0.272 e. The molecule has 5 saturated carbocycles. The van der Waals surface area contributed by atoms with E-state index in [1.807, 2.05) is 6.07 Å². The fraction of sp³-hybridized carbons (Fsp3) is 0.615. The Bertz CT molecular complexity index is 1140. The summed E-state index contributed by atoms with van der Waals surface area (Å²) >= 11 is 0. The molecule has 8 atom stereocenters. The highest BCUT2D eigenvalue weighted by atomic mass is 16.2. The highest BCUT2D eigenvalue weighted by Gasteiger charge is 3.08. The molecule has 5 fully saturated rings. The number of aromatic nitrogens is 2. The molecule has 2 heterocycles. The van der Waals surface area contributed by atoms with Gasteiger partial charge in [0.2, 0.25) is 0 Å². The van der Waals surface area contributed by atoms with E-state index in [0.717, 1.165) is 48.0 Å². The molecule has 1 spiro atoms. The lowest BCUT2D eigenvalue weighted by Crippen LogP contribution is -2.64. The molecule has 1 amide bonds. The Balaban J connectivity index is 1.18. The van der Waals surface area contributed by atoms with Crippen molar-refractivity contribution in [3.63, 3.8) is 0 Å². The molecule has 1 aromatic carbocycles. The van der Waals surface area contributed by atoms with Gasteiger partial charge in [0.1, 0.15) is 11.5 Å². The Morgan fingerprint density at radius 1 is 1.17 bits per heavy atom. The Hall–Kier alpha value is -2.10. The summed E-state index contributed by atoms with van der Waals surface area (Å²) in [7, 11) is 0. The summed E-state index contributed by atoms with van der Waals surface area (Å²) in [5.74, 6) is 4.53. The van der Waals surface area contributed by atoms with E-state index in [2.05, 4.69) is 48.0 Å². The van der Waals surface area contributed by atoms with E-state index in [4.69, 9.17) is 4.98 Å². The zero-order chi connectivity index (χ0) is 20.0. The summed E-state index contributed by atoms with van der Waals surface area (Å²) in [6.07, 6.45) is 6.23. The number of benzene rings is 1. The topological polar surface area (TPSA) is 46.9 Å². The van der Waals surface area contributed by atoms with E-state index in [0.29, 0.717) is 28.0 Å². The zero-order valence-electron chi connectivity index (χ0n) is 17.8. The van der Waals surface area contributed by atoms with E-state index < -0.39 is 0 Å². The summed E-state index contributed by atoms with van der Waals surface area (Å²) in [4.78, 5) is 18.6. The minimum absolute atomic E-state index is 0.0806. The Morgan fingerprint density at radius 2 is 2.00 bits per heavy atom. The van der Waals surface area contributed by atoms with Gasteiger partial charge in [0.05, 0.1) is 5.69 Å².